The predicted molar refractivity (Wildman–Crippen MR) is 61.7 cm³/mol. The Balaban J connectivity index is 2.01. The molecule has 0 aliphatic carbocycles. The molecule has 2 heterocycles. The molecule has 2 rings (SSSR count). The first kappa shape index (κ1) is 11.6. The lowest BCUT2D eigenvalue weighted by Crippen LogP contribution is -2.23. The third-order valence-corrected chi connectivity index (χ3v) is 2.41. The Morgan fingerprint density at radius 3 is 3.06 bits per heavy atom. The quantitative estimate of drug-likeness (QED) is 0.847. The molecule has 1 amide bonds. The number of pyridine rings is 1. The predicted octanol–water partition coefficient (Wildman–Crippen LogP) is 1.96. The summed E-state index contributed by atoms with van der Waals surface area (Å²) in [5, 5.41) is 6.63. The Labute approximate surface area is 103 Å². The number of aryl methyl sites for hydroxylation is 1. The molecule has 0 aliphatic heterocycles. The Kier molecular flexibility index (Phi) is 3.39. The summed E-state index contributed by atoms with van der Waals surface area (Å²) < 4.78 is 4.89. The number of hydrogen-bond donors (Lipinski definition) is 1. The van der Waals surface area contributed by atoms with Gasteiger partial charge in [0.2, 0.25) is 0 Å². The fraction of sp³-hybridized carbons (Fsp3) is 0.182. The molecule has 0 bridgehead atoms. The van der Waals surface area contributed by atoms with Crippen molar-refractivity contribution in [3.8, 4) is 0 Å². The molecule has 0 saturated heterocycles. The average molecular weight is 252 g/mol. The van der Waals surface area contributed by atoms with Crippen molar-refractivity contribution < 1.29 is 9.32 Å². The minimum absolute atomic E-state index is 0.182. The van der Waals surface area contributed by atoms with Gasteiger partial charge in [-0.2, -0.15) is 0 Å². The lowest BCUT2D eigenvalue weighted by Gasteiger charge is -2.03. The highest BCUT2D eigenvalue weighted by molar-refractivity contribution is 6.32. The van der Waals surface area contributed by atoms with Crippen LogP contribution in [0.2, 0.25) is 5.15 Å². The maximum atomic E-state index is 11.8. The summed E-state index contributed by atoms with van der Waals surface area (Å²) in [6.45, 7) is 2.08. The summed E-state index contributed by atoms with van der Waals surface area (Å²) in [4.78, 5) is 15.6. The van der Waals surface area contributed by atoms with Gasteiger partial charge in [-0.05, 0) is 19.1 Å². The molecule has 0 saturated carbocycles. The van der Waals surface area contributed by atoms with Gasteiger partial charge in [0.15, 0.2) is 0 Å². The van der Waals surface area contributed by atoms with Gasteiger partial charge in [-0.15, -0.1) is 0 Å². The van der Waals surface area contributed by atoms with Crippen molar-refractivity contribution in [2.45, 2.75) is 13.5 Å². The van der Waals surface area contributed by atoms with Crippen molar-refractivity contribution in [3.05, 3.63) is 46.6 Å². The molecule has 2 aromatic rings. The van der Waals surface area contributed by atoms with Crippen LogP contribution in [0.3, 0.4) is 0 Å². The normalized spacial score (nSPS) is 10.2. The highest BCUT2D eigenvalue weighted by atomic mass is 35.5. The third kappa shape index (κ3) is 2.82. The van der Waals surface area contributed by atoms with Gasteiger partial charge in [0.05, 0.1) is 12.1 Å². The largest absolute Gasteiger partial charge is 0.361 e. The second-order valence-electron chi connectivity index (χ2n) is 3.45. The zero-order valence-electron chi connectivity index (χ0n) is 9.11. The van der Waals surface area contributed by atoms with E-state index in [1.165, 1.54) is 6.20 Å². The van der Waals surface area contributed by atoms with E-state index in [2.05, 4.69) is 15.5 Å². The number of carbonyl (C=O) groups is 1. The van der Waals surface area contributed by atoms with Crippen LogP contribution in [-0.4, -0.2) is 16.0 Å². The van der Waals surface area contributed by atoms with E-state index < -0.39 is 0 Å². The van der Waals surface area contributed by atoms with Gasteiger partial charge in [0.1, 0.15) is 16.6 Å². The van der Waals surface area contributed by atoms with Crippen LogP contribution in [0.1, 0.15) is 21.8 Å². The van der Waals surface area contributed by atoms with Crippen LogP contribution in [0, 0.1) is 6.92 Å². The molecule has 0 aliphatic rings. The Morgan fingerprint density at radius 1 is 1.59 bits per heavy atom. The maximum Gasteiger partial charge on any atom is 0.254 e. The van der Waals surface area contributed by atoms with Crippen LogP contribution in [0.25, 0.3) is 0 Å². The number of carbonyl (C=O) groups excluding carboxylic acids is 1. The van der Waals surface area contributed by atoms with E-state index in [0.29, 0.717) is 23.6 Å². The van der Waals surface area contributed by atoms with Crippen LogP contribution in [0.5, 0.6) is 0 Å². The fourth-order valence-electron chi connectivity index (χ4n) is 1.32. The molecule has 0 unspecified atom stereocenters. The van der Waals surface area contributed by atoms with Crippen molar-refractivity contribution in [3.63, 3.8) is 0 Å². The van der Waals surface area contributed by atoms with Gasteiger partial charge >= 0.3 is 0 Å². The van der Waals surface area contributed by atoms with E-state index in [-0.39, 0.29) is 11.1 Å². The zero-order valence-corrected chi connectivity index (χ0v) is 9.86. The summed E-state index contributed by atoms with van der Waals surface area (Å²) >= 11 is 5.80. The van der Waals surface area contributed by atoms with Gasteiger partial charge in [0, 0.05) is 12.3 Å². The molecule has 0 spiro atoms. The van der Waals surface area contributed by atoms with Crippen LogP contribution in [0.15, 0.2) is 28.9 Å². The minimum atomic E-state index is -0.288. The number of nitrogens with zero attached hydrogens (tertiary/aromatic N) is 2. The number of halogens is 1. The molecule has 0 aromatic carbocycles. The second kappa shape index (κ2) is 4.97. The number of hydrogen-bond acceptors (Lipinski definition) is 4. The molecular weight excluding hydrogens is 242 g/mol. The van der Waals surface area contributed by atoms with Gasteiger partial charge in [-0.1, -0.05) is 16.8 Å². The van der Waals surface area contributed by atoms with Crippen LogP contribution < -0.4 is 5.32 Å². The van der Waals surface area contributed by atoms with Crippen molar-refractivity contribution in [1.82, 2.24) is 15.5 Å². The topological polar surface area (TPSA) is 68.0 Å². The van der Waals surface area contributed by atoms with Gasteiger partial charge in [0.25, 0.3) is 5.91 Å². The fourth-order valence-corrected chi connectivity index (χ4v) is 1.53. The molecule has 0 radical (unpaired) electrons. The van der Waals surface area contributed by atoms with E-state index in [4.69, 9.17) is 16.1 Å². The Hall–Kier alpha value is -1.88. The van der Waals surface area contributed by atoms with Crippen LogP contribution in [-0.2, 0) is 6.54 Å². The molecular formula is C11H10ClN3O2. The van der Waals surface area contributed by atoms with Crippen molar-refractivity contribution in [2.24, 2.45) is 0 Å². The number of aromatic nitrogens is 2. The minimum Gasteiger partial charge on any atom is -0.361 e. The van der Waals surface area contributed by atoms with Crippen molar-refractivity contribution in [1.29, 1.82) is 0 Å². The van der Waals surface area contributed by atoms with Crippen LogP contribution >= 0.6 is 11.6 Å². The van der Waals surface area contributed by atoms with Crippen LogP contribution in [0.4, 0.5) is 0 Å². The van der Waals surface area contributed by atoms with Gasteiger partial charge < -0.3 is 9.84 Å². The zero-order chi connectivity index (χ0) is 12.3. The first-order valence-corrected chi connectivity index (χ1v) is 5.35. The highest BCUT2D eigenvalue weighted by Crippen LogP contribution is 2.11. The first-order chi connectivity index (χ1) is 8.16. The molecule has 6 heteroatoms. The van der Waals surface area contributed by atoms with E-state index in [0.717, 1.165) is 0 Å². The molecule has 1 N–H and O–H groups in total. The van der Waals surface area contributed by atoms with E-state index in [1.807, 2.05) is 0 Å². The molecule has 0 atom stereocenters. The Bertz CT molecular complexity index is 539. The van der Waals surface area contributed by atoms with Gasteiger partial charge in [-0.25, -0.2) is 4.98 Å². The van der Waals surface area contributed by atoms with Crippen molar-refractivity contribution in [2.75, 3.05) is 0 Å². The maximum absolute atomic E-state index is 11.8. The summed E-state index contributed by atoms with van der Waals surface area (Å²) in [6.07, 6.45) is 1.53. The molecule has 5 nitrogen and oxygen atoms in total. The lowest BCUT2D eigenvalue weighted by molar-refractivity contribution is 0.0950. The number of rotatable bonds is 3. The molecule has 2 aromatic heterocycles. The lowest BCUT2D eigenvalue weighted by atomic mass is 10.2. The van der Waals surface area contributed by atoms with E-state index in [9.17, 15) is 4.79 Å². The summed E-state index contributed by atoms with van der Waals surface area (Å²) in [5.41, 5.74) is 1.00. The summed E-state index contributed by atoms with van der Waals surface area (Å²) in [6, 6.07) is 5.02. The highest BCUT2D eigenvalue weighted by Gasteiger charge is 2.10. The standard InChI is InChI=1S/C11H10ClN3O2/c1-7-5-8(15-17-7)6-14-11(16)9-3-2-4-13-10(9)12/h2-5H,6H2,1H3,(H,14,16). The summed E-state index contributed by atoms with van der Waals surface area (Å²) in [5.74, 6) is 0.414. The molecule has 0 fully saturated rings. The second-order valence-corrected chi connectivity index (χ2v) is 3.81. The first-order valence-electron chi connectivity index (χ1n) is 4.98. The smallest absolute Gasteiger partial charge is 0.254 e. The molecule has 17 heavy (non-hydrogen) atoms. The molecule has 88 valence electrons. The Morgan fingerprint density at radius 2 is 2.41 bits per heavy atom. The third-order valence-electron chi connectivity index (χ3n) is 2.11. The van der Waals surface area contributed by atoms with E-state index in [1.54, 1.807) is 25.1 Å². The summed E-state index contributed by atoms with van der Waals surface area (Å²) in [7, 11) is 0. The SMILES string of the molecule is Cc1cc(CNC(=O)c2cccnc2Cl)no1. The van der Waals surface area contributed by atoms with Crippen molar-refractivity contribution >= 4 is 17.5 Å². The van der Waals surface area contributed by atoms with Gasteiger partial charge in [-0.3, -0.25) is 4.79 Å². The number of amides is 1. The number of nitrogens with one attached hydrogen (secondary N) is 1. The van der Waals surface area contributed by atoms with E-state index >= 15 is 0 Å². The average Bonchev–Trinajstić information content (AvgIpc) is 2.73. The monoisotopic (exact) mass is 251 g/mol.